The fraction of sp³-hybridized carbons (Fsp3) is 0.0400. The van der Waals surface area contributed by atoms with Crippen LogP contribution in [0.3, 0.4) is 0 Å². The van der Waals surface area contributed by atoms with Crippen LogP contribution in [0.2, 0.25) is 0 Å². The summed E-state index contributed by atoms with van der Waals surface area (Å²) in [6, 6.07) is 24.0. The van der Waals surface area contributed by atoms with Gasteiger partial charge in [-0.1, -0.05) is 34.1 Å². The summed E-state index contributed by atoms with van der Waals surface area (Å²) in [5, 5.41) is 0. The second-order valence-electron chi connectivity index (χ2n) is 7.45. The highest BCUT2D eigenvalue weighted by molar-refractivity contribution is 9.10. The molecule has 3 aromatic carbocycles. The number of furan rings is 1. The van der Waals surface area contributed by atoms with Gasteiger partial charge in [0.2, 0.25) is 0 Å². The van der Waals surface area contributed by atoms with Crippen LogP contribution in [0.4, 0.5) is 5.69 Å². The lowest BCUT2D eigenvalue weighted by Crippen LogP contribution is -2.30. The van der Waals surface area contributed by atoms with Gasteiger partial charge in [-0.3, -0.25) is 0 Å². The largest absolute Gasteiger partial charge is 0.467 e. The zero-order valence-corrected chi connectivity index (χ0v) is 20.0. The zero-order valence-electron chi connectivity index (χ0n) is 17.6. The maximum Gasteiger partial charge on any atom is 0.343 e. The van der Waals surface area contributed by atoms with E-state index >= 15 is 0 Å². The predicted molar refractivity (Wildman–Crippen MR) is 131 cm³/mol. The first kappa shape index (κ1) is 22.1. The molecule has 7 nitrogen and oxygen atoms in total. The number of esters is 1. The SMILES string of the molecule is O=C(Oc1ccc(N(Cc2ccco2)C2=NS(=O)(=O)c3ccccc32)cc1)c1cccc(Br)c1. The first-order valence-electron chi connectivity index (χ1n) is 10.2. The van der Waals surface area contributed by atoms with Gasteiger partial charge in [0, 0.05) is 15.7 Å². The summed E-state index contributed by atoms with van der Waals surface area (Å²) in [5.74, 6) is 0.801. The van der Waals surface area contributed by atoms with Crippen LogP contribution in [-0.4, -0.2) is 20.2 Å². The van der Waals surface area contributed by atoms with Crippen molar-refractivity contribution in [3.05, 3.63) is 113 Å². The highest BCUT2D eigenvalue weighted by Crippen LogP contribution is 2.32. The van der Waals surface area contributed by atoms with Gasteiger partial charge in [-0.25, -0.2) is 4.79 Å². The third-order valence-corrected chi connectivity index (χ3v) is 7.00. The maximum absolute atomic E-state index is 12.6. The molecule has 1 aliphatic heterocycles. The second-order valence-corrected chi connectivity index (χ2v) is 9.93. The van der Waals surface area contributed by atoms with Crippen LogP contribution in [0, 0.1) is 0 Å². The van der Waals surface area contributed by atoms with Gasteiger partial charge in [-0.05, 0) is 66.7 Å². The lowest BCUT2D eigenvalue weighted by Gasteiger charge is -2.24. The number of hydrogen-bond donors (Lipinski definition) is 0. The average Bonchev–Trinajstić information content (AvgIpc) is 3.44. The minimum atomic E-state index is -3.80. The molecule has 9 heteroatoms. The van der Waals surface area contributed by atoms with E-state index in [1.54, 1.807) is 84.0 Å². The number of fused-ring (bicyclic) bond motifs is 1. The molecule has 0 N–H and O–H groups in total. The molecule has 1 aromatic heterocycles. The summed E-state index contributed by atoms with van der Waals surface area (Å²) in [4.78, 5) is 14.4. The zero-order chi connectivity index (χ0) is 23.7. The number of benzene rings is 3. The summed E-state index contributed by atoms with van der Waals surface area (Å²) >= 11 is 3.34. The van der Waals surface area contributed by atoms with Crippen molar-refractivity contribution in [3.63, 3.8) is 0 Å². The van der Waals surface area contributed by atoms with E-state index in [9.17, 15) is 13.2 Å². The van der Waals surface area contributed by atoms with Crippen molar-refractivity contribution in [2.24, 2.45) is 4.40 Å². The van der Waals surface area contributed by atoms with Crippen LogP contribution in [0.25, 0.3) is 0 Å². The van der Waals surface area contributed by atoms with E-state index in [-0.39, 0.29) is 11.4 Å². The topological polar surface area (TPSA) is 89.2 Å². The smallest absolute Gasteiger partial charge is 0.343 e. The molecule has 0 unspecified atom stereocenters. The molecule has 0 amide bonds. The van der Waals surface area contributed by atoms with Crippen molar-refractivity contribution in [1.82, 2.24) is 0 Å². The fourth-order valence-corrected chi connectivity index (χ4v) is 5.22. The molecule has 0 saturated carbocycles. The van der Waals surface area contributed by atoms with Gasteiger partial charge in [-0.2, -0.15) is 8.42 Å². The van der Waals surface area contributed by atoms with Gasteiger partial charge in [0.1, 0.15) is 16.4 Å². The third-order valence-electron chi connectivity index (χ3n) is 5.18. The van der Waals surface area contributed by atoms with Gasteiger partial charge in [0.15, 0.2) is 5.84 Å². The van der Waals surface area contributed by atoms with Gasteiger partial charge in [0.25, 0.3) is 10.0 Å². The number of amidine groups is 1. The Hall–Kier alpha value is -3.69. The summed E-state index contributed by atoms with van der Waals surface area (Å²) in [7, 11) is -3.80. The van der Waals surface area contributed by atoms with Crippen molar-refractivity contribution in [2.75, 3.05) is 4.90 Å². The number of sulfonamides is 1. The number of ether oxygens (including phenoxy) is 1. The summed E-state index contributed by atoms with van der Waals surface area (Å²) in [6.45, 7) is 0.257. The van der Waals surface area contributed by atoms with Crippen molar-refractivity contribution in [1.29, 1.82) is 0 Å². The van der Waals surface area contributed by atoms with Crippen LogP contribution in [0.15, 0.2) is 109 Å². The Balaban J connectivity index is 1.46. The molecular formula is C25H17BrN2O5S. The molecule has 0 aliphatic carbocycles. The van der Waals surface area contributed by atoms with Gasteiger partial charge >= 0.3 is 5.97 Å². The average molecular weight is 537 g/mol. The van der Waals surface area contributed by atoms with E-state index in [0.717, 1.165) is 4.47 Å². The molecule has 0 radical (unpaired) electrons. The van der Waals surface area contributed by atoms with Crippen LogP contribution in [0.5, 0.6) is 5.75 Å². The maximum atomic E-state index is 12.6. The highest BCUT2D eigenvalue weighted by Gasteiger charge is 2.32. The van der Waals surface area contributed by atoms with Crippen molar-refractivity contribution < 1.29 is 22.4 Å². The molecule has 0 fully saturated rings. The van der Waals surface area contributed by atoms with Crippen molar-refractivity contribution in [3.8, 4) is 5.75 Å². The molecule has 4 aromatic rings. The van der Waals surface area contributed by atoms with E-state index in [4.69, 9.17) is 9.15 Å². The first-order valence-corrected chi connectivity index (χ1v) is 12.5. The van der Waals surface area contributed by atoms with Crippen LogP contribution >= 0.6 is 15.9 Å². The number of halogens is 1. The molecule has 170 valence electrons. The van der Waals surface area contributed by atoms with Gasteiger partial charge in [0.05, 0.1) is 18.4 Å². The van der Waals surface area contributed by atoms with Crippen LogP contribution < -0.4 is 9.64 Å². The minimum absolute atomic E-state index is 0.161. The Labute approximate surface area is 204 Å². The summed E-state index contributed by atoms with van der Waals surface area (Å²) in [5.41, 5.74) is 1.59. The van der Waals surface area contributed by atoms with Crippen LogP contribution in [-0.2, 0) is 16.6 Å². The number of hydrogen-bond acceptors (Lipinski definition) is 6. The molecule has 0 atom stereocenters. The number of nitrogens with zero attached hydrogens (tertiary/aromatic N) is 2. The molecule has 2 heterocycles. The van der Waals surface area contributed by atoms with E-state index in [1.165, 1.54) is 6.07 Å². The van der Waals surface area contributed by atoms with E-state index in [0.29, 0.717) is 34.2 Å². The standard InChI is InChI=1S/C25H17BrN2O5S/c26-18-6-3-5-17(15-18)25(29)33-20-12-10-19(11-13-20)28(16-21-7-4-14-32-21)24-22-8-1-2-9-23(22)34(30,31)27-24/h1-15H,16H2. The Bertz CT molecular complexity index is 1500. The van der Waals surface area contributed by atoms with Gasteiger partial charge < -0.3 is 14.1 Å². The lowest BCUT2D eigenvalue weighted by molar-refractivity contribution is 0.0734. The monoisotopic (exact) mass is 536 g/mol. The van der Waals surface area contributed by atoms with Crippen molar-refractivity contribution in [2.45, 2.75) is 11.4 Å². The number of anilines is 1. The Morgan fingerprint density at radius 1 is 0.971 bits per heavy atom. The molecule has 0 saturated heterocycles. The number of carbonyl (C=O) groups is 1. The Morgan fingerprint density at radius 2 is 1.76 bits per heavy atom. The first-order chi connectivity index (χ1) is 16.4. The summed E-state index contributed by atoms with van der Waals surface area (Å²) in [6.07, 6.45) is 1.55. The molecular weight excluding hydrogens is 520 g/mol. The number of rotatable bonds is 5. The van der Waals surface area contributed by atoms with E-state index in [2.05, 4.69) is 20.3 Å². The Morgan fingerprint density at radius 3 is 2.50 bits per heavy atom. The van der Waals surface area contributed by atoms with E-state index in [1.807, 2.05) is 6.07 Å². The normalized spacial score (nSPS) is 13.7. The lowest BCUT2D eigenvalue weighted by atomic mass is 10.1. The molecule has 0 spiro atoms. The molecule has 0 bridgehead atoms. The molecule has 1 aliphatic rings. The summed E-state index contributed by atoms with van der Waals surface area (Å²) < 4.78 is 41.1. The quantitative estimate of drug-likeness (QED) is 0.250. The van der Waals surface area contributed by atoms with E-state index < -0.39 is 16.0 Å². The van der Waals surface area contributed by atoms with Crippen LogP contribution in [0.1, 0.15) is 21.7 Å². The minimum Gasteiger partial charge on any atom is -0.467 e. The third kappa shape index (κ3) is 4.40. The van der Waals surface area contributed by atoms with Crippen molar-refractivity contribution >= 4 is 43.4 Å². The number of carbonyl (C=O) groups excluding carboxylic acids is 1. The second kappa shape index (κ2) is 8.92. The van der Waals surface area contributed by atoms with Gasteiger partial charge in [-0.15, -0.1) is 4.40 Å². The predicted octanol–water partition coefficient (Wildman–Crippen LogP) is 5.42. The Kier molecular flexibility index (Phi) is 5.80. The molecule has 5 rings (SSSR count). The fourth-order valence-electron chi connectivity index (χ4n) is 3.61. The highest BCUT2D eigenvalue weighted by atomic mass is 79.9. The molecule has 34 heavy (non-hydrogen) atoms.